The number of nitrogens with two attached hydrogens (primary N) is 1. The molecule has 0 aliphatic carbocycles. The number of fused-ring (bicyclic) bond motifs is 1. The Balaban J connectivity index is 2.11. The molecule has 0 saturated carbocycles. The van der Waals surface area contributed by atoms with E-state index in [2.05, 4.69) is 0 Å². The zero-order valence-corrected chi connectivity index (χ0v) is 20.3. The molecule has 3 aromatic rings. The monoisotopic (exact) mass is 450 g/mol. The minimum absolute atomic E-state index is 0.0269. The van der Waals surface area contributed by atoms with Gasteiger partial charge in [-0.3, -0.25) is 15.0 Å². The third-order valence-electron chi connectivity index (χ3n) is 5.91. The molecule has 0 aliphatic rings. The molecule has 4 N–H and O–H groups in total. The third kappa shape index (κ3) is 4.87. The molecule has 0 aliphatic heterocycles. The molecule has 1 amide bonds. The van der Waals surface area contributed by atoms with Crippen molar-refractivity contribution in [3.8, 4) is 5.75 Å². The topological polar surface area (TPSA) is 114 Å². The van der Waals surface area contributed by atoms with Crippen molar-refractivity contribution in [3.05, 3.63) is 58.7 Å². The number of phenolic OH excluding ortho intramolecular Hbond substituents is 1. The van der Waals surface area contributed by atoms with Crippen LogP contribution in [0.15, 0.2) is 36.4 Å². The van der Waals surface area contributed by atoms with Crippen LogP contribution in [-0.2, 0) is 28.7 Å². The smallest absolute Gasteiger partial charge is 0.219 e. The quantitative estimate of drug-likeness (QED) is 0.494. The van der Waals surface area contributed by atoms with Crippen molar-refractivity contribution in [2.75, 3.05) is 0 Å². The number of nitrogens with one attached hydrogen (secondary N) is 1. The number of aromatic hydroxyl groups is 1. The summed E-state index contributed by atoms with van der Waals surface area (Å²) in [6.07, 6.45) is 0.111. The molecule has 3 rings (SSSR count). The lowest BCUT2D eigenvalue weighted by Crippen LogP contribution is -2.29. The molecule has 7 heteroatoms. The second-order valence-corrected chi connectivity index (χ2v) is 10.6. The van der Waals surface area contributed by atoms with Crippen LogP contribution in [0.1, 0.15) is 69.4 Å². The summed E-state index contributed by atoms with van der Waals surface area (Å²) in [5.74, 6) is -0.367. The first-order valence-corrected chi connectivity index (χ1v) is 11.1. The van der Waals surface area contributed by atoms with Crippen LogP contribution in [0.5, 0.6) is 5.75 Å². The number of Topliss-reactive ketones (excluding diaryl/α,β-unsaturated/α-hetero) is 1. The second kappa shape index (κ2) is 8.54. The number of aryl methyl sites for hydroxylation is 1. The van der Waals surface area contributed by atoms with Gasteiger partial charge in [-0.15, -0.1) is 0 Å². The average Bonchev–Trinajstić information content (AvgIpc) is 2.96. The predicted octanol–water partition coefficient (Wildman–Crippen LogP) is 3.98. The summed E-state index contributed by atoms with van der Waals surface area (Å²) < 4.78 is 3.35. The molecular formula is C26H34N4O3. The van der Waals surface area contributed by atoms with Gasteiger partial charge in [0.1, 0.15) is 5.75 Å². The van der Waals surface area contributed by atoms with E-state index in [0.717, 1.165) is 22.2 Å². The van der Waals surface area contributed by atoms with Gasteiger partial charge >= 0.3 is 0 Å². The summed E-state index contributed by atoms with van der Waals surface area (Å²) in [4.78, 5) is 24.8. The standard InChI is InChI=1S/C26H34N4O3/c1-25(2,3)17-13-16(14-18(23(17)33)26(4,5)6)21(31)15-30-20-10-8-7-9-19(20)29(24(30)28)12-11-22(27)32/h7-10,13-14,28,33H,11-12,15H2,1-6H3,(H2,27,32). The lowest BCUT2D eigenvalue weighted by atomic mass is 9.78. The molecular weight excluding hydrogens is 416 g/mol. The maximum absolute atomic E-state index is 13.5. The van der Waals surface area contributed by atoms with E-state index in [1.54, 1.807) is 21.3 Å². The van der Waals surface area contributed by atoms with Gasteiger partial charge in [0.2, 0.25) is 11.5 Å². The lowest BCUT2D eigenvalue weighted by Gasteiger charge is -2.28. The van der Waals surface area contributed by atoms with Crippen LogP contribution >= 0.6 is 0 Å². The van der Waals surface area contributed by atoms with Crippen molar-refractivity contribution in [1.82, 2.24) is 9.13 Å². The maximum Gasteiger partial charge on any atom is 0.219 e. The molecule has 0 unspecified atom stereocenters. The van der Waals surface area contributed by atoms with Gasteiger partial charge in [-0.1, -0.05) is 53.7 Å². The molecule has 0 fully saturated rings. The van der Waals surface area contributed by atoms with Crippen LogP contribution in [0.25, 0.3) is 11.0 Å². The number of primary amides is 1. The van der Waals surface area contributed by atoms with Crippen LogP contribution < -0.4 is 11.4 Å². The number of para-hydroxylation sites is 2. The molecule has 7 nitrogen and oxygen atoms in total. The van der Waals surface area contributed by atoms with E-state index >= 15 is 0 Å². The second-order valence-electron chi connectivity index (χ2n) is 10.6. The summed E-state index contributed by atoms with van der Waals surface area (Å²) in [6, 6.07) is 11.0. The van der Waals surface area contributed by atoms with Crippen LogP contribution in [0.4, 0.5) is 0 Å². The molecule has 0 atom stereocenters. The van der Waals surface area contributed by atoms with Crippen LogP contribution in [0.2, 0.25) is 0 Å². The number of carbonyl (C=O) groups is 2. The Morgan fingerprint density at radius 1 is 0.939 bits per heavy atom. The van der Waals surface area contributed by atoms with E-state index in [9.17, 15) is 14.7 Å². The number of amides is 1. The number of aromatic nitrogens is 2. The van der Waals surface area contributed by atoms with Gasteiger partial charge in [0.05, 0.1) is 17.6 Å². The van der Waals surface area contributed by atoms with Gasteiger partial charge in [0.25, 0.3) is 0 Å². The highest BCUT2D eigenvalue weighted by Crippen LogP contribution is 2.40. The highest BCUT2D eigenvalue weighted by atomic mass is 16.3. The average molecular weight is 451 g/mol. The SMILES string of the molecule is CC(C)(C)c1cc(C(=O)Cn2c(=N)n(CCC(N)=O)c3ccccc32)cc(C(C)(C)C)c1O. The summed E-state index contributed by atoms with van der Waals surface area (Å²) in [6.45, 7) is 12.3. The van der Waals surface area contributed by atoms with E-state index in [1.165, 1.54) is 0 Å². The summed E-state index contributed by atoms with van der Waals surface area (Å²) in [5.41, 5.74) is 8.21. The summed E-state index contributed by atoms with van der Waals surface area (Å²) >= 11 is 0. The van der Waals surface area contributed by atoms with Crippen LogP contribution in [0, 0.1) is 5.41 Å². The minimum atomic E-state index is -0.441. The normalized spacial score (nSPS) is 12.3. The Labute approximate surface area is 194 Å². The van der Waals surface area contributed by atoms with Crippen molar-refractivity contribution in [2.45, 2.75) is 71.9 Å². The zero-order chi connectivity index (χ0) is 24.7. The first kappa shape index (κ1) is 24.3. The minimum Gasteiger partial charge on any atom is -0.507 e. The van der Waals surface area contributed by atoms with Crippen molar-refractivity contribution in [2.24, 2.45) is 5.73 Å². The van der Waals surface area contributed by atoms with Crippen molar-refractivity contribution < 1.29 is 14.7 Å². The fourth-order valence-corrected chi connectivity index (χ4v) is 4.08. The number of hydrogen-bond acceptors (Lipinski definition) is 4. The number of phenols is 1. The number of imidazole rings is 1. The summed E-state index contributed by atoms with van der Waals surface area (Å²) in [5, 5.41) is 19.6. The number of benzene rings is 2. The molecule has 0 saturated heterocycles. The van der Waals surface area contributed by atoms with E-state index in [4.69, 9.17) is 11.1 Å². The maximum atomic E-state index is 13.5. The Kier molecular flexibility index (Phi) is 6.29. The summed E-state index contributed by atoms with van der Waals surface area (Å²) in [7, 11) is 0. The number of carbonyl (C=O) groups excluding carboxylic acids is 2. The van der Waals surface area contributed by atoms with Gasteiger partial charge in [0, 0.05) is 29.7 Å². The number of hydrogen-bond donors (Lipinski definition) is 3. The Bertz CT molecular complexity index is 1250. The van der Waals surface area contributed by atoms with E-state index in [-0.39, 0.29) is 47.5 Å². The van der Waals surface area contributed by atoms with Crippen LogP contribution in [-0.4, -0.2) is 25.9 Å². The van der Waals surface area contributed by atoms with Gasteiger partial charge in [-0.2, -0.15) is 0 Å². The number of ketones is 1. The van der Waals surface area contributed by atoms with E-state index < -0.39 is 5.91 Å². The van der Waals surface area contributed by atoms with Crippen molar-refractivity contribution >= 4 is 22.7 Å². The predicted molar refractivity (Wildman–Crippen MR) is 129 cm³/mol. The Morgan fingerprint density at radius 3 is 1.88 bits per heavy atom. The molecule has 33 heavy (non-hydrogen) atoms. The van der Waals surface area contributed by atoms with Crippen molar-refractivity contribution in [3.63, 3.8) is 0 Å². The fourth-order valence-electron chi connectivity index (χ4n) is 4.08. The van der Waals surface area contributed by atoms with E-state index in [1.807, 2.05) is 65.8 Å². The molecule has 0 radical (unpaired) electrons. The Hall–Kier alpha value is -3.35. The lowest BCUT2D eigenvalue weighted by molar-refractivity contribution is -0.118. The van der Waals surface area contributed by atoms with Gasteiger partial charge in [0.15, 0.2) is 5.78 Å². The molecule has 176 valence electrons. The molecule has 0 bridgehead atoms. The van der Waals surface area contributed by atoms with Gasteiger partial charge in [-0.25, -0.2) is 0 Å². The van der Waals surface area contributed by atoms with E-state index in [0.29, 0.717) is 5.56 Å². The first-order valence-electron chi connectivity index (χ1n) is 11.1. The zero-order valence-electron chi connectivity index (χ0n) is 20.3. The fraction of sp³-hybridized carbons (Fsp3) is 0.423. The number of nitrogens with zero attached hydrogens (tertiary/aromatic N) is 2. The van der Waals surface area contributed by atoms with Crippen LogP contribution in [0.3, 0.4) is 0 Å². The first-order chi connectivity index (χ1) is 15.2. The molecule has 0 spiro atoms. The highest BCUT2D eigenvalue weighted by Gasteiger charge is 2.28. The largest absolute Gasteiger partial charge is 0.507 e. The molecule has 1 heterocycles. The molecule has 1 aromatic heterocycles. The molecule has 2 aromatic carbocycles. The van der Waals surface area contributed by atoms with Gasteiger partial charge < -0.3 is 20.0 Å². The van der Waals surface area contributed by atoms with Crippen molar-refractivity contribution in [1.29, 1.82) is 5.41 Å². The van der Waals surface area contributed by atoms with Gasteiger partial charge in [-0.05, 0) is 35.1 Å². The number of rotatable bonds is 6. The highest BCUT2D eigenvalue weighted by molar-refractivity contribution is 5.97. The Morgan fingerprint density at radius 2 is 1.42 bits per heavy atom. The third-order valence-corrected chi connectivity index (χ3v) is 5.91.